The molecule has 31 heavy (non-hydrogen) atoms. The molecular formula is C21H27ClO9. The molecule has 2 aliphatic carbocycles. The largest absolute Gasteiger partial charge is 0.459 e. The number of hydrogen-bond donors (Lipinski definition) is 3. The number of hydrogen-bond acceptors (Lipinski definition) is 9. The number of carbonyl (C=O) groups excluding carboxylic acids is 3. The summed E-state index contributed by atoms with van der Waals surface area (Å²) < 4.78 is 16.3. The van der Waals surface area contributed by atoms with Crippen LogP contribution < -0.4 is 0 Å². The van der Waals surface area contributed by atoms with E-state index in [1.807, 2.05) is 0 Å². The minimum absolute atomic E-state index is 0.0398. The van der Waals surface area contributed by atoms with E-state index in [4.69, 9.17) is 25.8 Å². The fourth-order valence-corrected chi connectivity index (χ4v) is 5.06. The third kappa shape index (κ3) is 3.88. The summed E-state index contributed by atoms with van der Waals surface area (Å²) in [6, 6.07) is 0. The number of esters is 3. The van der Waals surface area contributed by atoms with Crippen LogP contribution in [0.4, 0.5) is 0 Å². The molecule has 3 N–H and O–H groups in total. The second-order valence-electron chi connectivity index (χ2n) is 8.75. The Hall–Kier alpha value is -1.94. The predicted octanol–water partition coefficient (Wildman–Crippen LogP) is 0.237. The van der Waals surface area contributed by atoms with Gasteiger partial charge >= 0.3 is 17.9 Å². The highest BCUT2D eigenvalue weighted by molar-refractivity contribution is 6.20. The van der Waals surface area contributed by atoms with Crippen molar-refractivity contribution in [1.82, 2.24) is 0 Å². The molecule has 3 aliphatic rings. The van der Waals surface area contributed by atoms with Gasteiger partial charge in [0, 0.05) is 24.8 Å². The van der Waals surface area contributed by atoms with Gasteiger partial charge in [-0.1, -0.05) is 18.7 Å². The molecule has 0 radical (unpaired) electrons. The molecule has 0 bridgehead atoms. The Morgan fingerprint density at radius 3 is 2.55 bits per heavy atom. The van der Waals surface area contributed by atoms with Gasteiger partial charge in [-0.25, -0.2) is 9.59 Å². The van der Waals surface area contributed by atoms with Gasteiger partial charge in [0.25, 0.3) is 0 Å². The molecule has 1 saturated heterocycles. The molecule has 2 saturated carbocycles. The first-order valence-electron chi connectivity index (χ1n) is 9.94. The monoisotopic (exact) mass is 458 g/mol. The molecule has 0 aromatic carbocycles. The quantitative estimate of drug-likeness (QED) is 0.174. The fourth-order valence-electron chi connectivity index (χ4n) is 4.95. The molecule has 9 nitrogen and oxygen atoms in total. The van der Waals surface area contributed by atoms with E-state index in [2.05, 4.69) is 13.2 Å². The van der Waals surface area contributed by atoms with Crippen molar-refractivity contribution in [3.63, 3.8) is 0 Å². The van der Waals surface area contributed by atoms with Gasteiger partial charge in [-0.3, -0.25) is 4.79 Å². The van der Waals surface area contributed by atoms with Gasteiger partial charge < -0.3 is 29.5 Å². The van der Waals surface area contributed by atoms with Gasteiger partial charge in [-0.2, -0.15) is 0 Å². The number of alkyl halides is 1. The van der Waals surface area contributed by atoms with E-state index >= 15 is 0 Å². The topological polar surface area (TPSA) is 140 Å². The molecule has 8 atom stereocenters. The number of fused-ring (bicyclic) bond motifs is 3. The molecule has 1 aliphatic heterocycles. The fraction of sp³-hybridized carbons (Fsp3) is 0.667. The summed E-state index contributed by atoms with van der Waals surface area (Å²) in [5.41, 5.74) is -3.25. The van der Waals surface area contributed by atoms with E-state index < -0.39 is 77.7 Å². The van der Waals surface area contributed by atoms with Crippen molar-refractivity contribution in [2.75, 3.05) is 12.5 Å². The van der Waals surface area contributed by atoms with Gasteiger partial charge in [-0.05, 0) is 19.3 Å². The number of ether oxygens (including phenoxy) is 3. The predicted molar refractivity (Wildman–Crippen MR) is 107 cm³/mol. The highest BCUT2D eigenvalue weighted by atomic mass is 35.5. The zero-order valence-electron chi connectivity index (χ0n) is 17.4. The highest BCUT2D eigenvalue weighted by Crippen LogP contribution is 2.55. The van der Waals surface area contributed by atoms with E-state index in [1.165, 1.54) is 13.8 Å². The van der Waals surface area contributed by atoms with Crippen LogP contribution in [0.1, 0.15) is 26.7 Å². The van der Waals surface area contributed by atoms with Crippen molar-refractivity contribution in [3.8, 4) is 0 Å². The van der Waals surface area contributed by atoms with Crippen molar-refractivity contribution in [2.24, 2.45) is 17.8 Å². The maximum atomic E-state index is 12.5. The lowest BCUT2D eigenvalue weighted by atomic mass is 9.76. The maximum Gasteiger partial charge on any atom is 0.339 e. The number of aliphatic hydroxyl groups excluding tert-OH is 1. The van der Waals surface area contributed by atoms with E-state index in [0.29, 0.717) is 5.57 Å². The second kappa shape index (κ2) is 8.20. The molecule has 0 aromatic rings. The van der Waals surface area contributed by atoms with Crippen LogP contribution >= 0.6 is 11.6 Å². The molecule has 3 rings (SSSR count). The minimum atomic E-state index is -1.95. The zero-order valence-corrected chi connectivity index (χ0v) is 18.1. The Balaban J connectivity index is 2.02. The second-order valence-corrected chi connectivity index (χ2v) is 9.02. The Kier molecular flexibility index (Phi) is 6.27. The first kappa shape index (κ1) is 23.7. The SMILES string of the molecule is C=C1CC(OC(=O)C(C)(O)CCl)C2C(=C)C(=O)OC2C2C1CC(OC(C)=O)C2(O)CO. The summed E-state index contributed by atoms with van der Waals surface area (Å²) in [4.78, 5) is 36.4. The van der Waals surface area contributed by atoms with Crippen molar-refractivity contribution >= 4 is 29.5 Å². The Morgan fingerprint density at radius 1 is 1.35 bits per heavy atom. The molecule has 0 amide bonds. The summed E-state index contributed by atoms with van der Waals surface area (Å²) in [6.07, 6.45) is -2.77. The molecule has 172 valence electrons. The molecule has 0 spiro atoms. The first-order valence-corrected chi connectivity index (χ1v) is 10.5. The van der Waals surface area contributed by atoms with Gasteiger partial charge in [-0.15, -0.1) is 11.6 Å². The summed E-state index contributed by atoms with van der Waals surface area (Å²) in [5.74, 6) is -4.95. The number of carbonyl (C=O) groups is 3. The minimum Gasteiger partial charge on any atom is -0.459 e. The van der Waals surface area contributed by atoms with E-state index in [9.17, 15) is 29.7 Å². The maximum absolute atomic E-state index is 12.5. The Bertz CT molecular complexity index is 822. The van der Waals surface area contributed by atoms with E-state index in [1.54, 1.807) is 0 Å². The van der Waals surface area contributed by atoms with Crippen LogP contribution in [0.15, 0.2) is 24.3 Å². The van der Waals surface area contributed by atoms with Crippen molar-refractivity contribution in [1.29, 1.82) is 0 Å². The van der Waals surface area contributed by atoms with Crippen LogP contribution in [0.25, 0.3) is 0 Å². The summed E-state index contributed by atoms with van der Waals surface area (Å²) in [7, 11) is 0. The van der Waals surface area contributed by atoms with Gasteiger partial charge in [0.15, 0.2) is 5.60 Å². The molecule has 1 heterocycles. The standard InChI is InChI=1S/C21H27ClO9/c1-9-5-13(30-19(26)20(4,27)7-22)15-10(2)18(25)31-17(15)16-12(9)6-14(29-11(3)24)21(16,28)8-23/h12-17,23,27-28H,1-2,5-8H2,3-4H3. The Labute approximate surface area is 184 Å². The van der Waals surface area contributed by atoms with Crippen molar-refractivity contribution < 1.29 is 43.9 Å². The Morgan fingerprint density at radius 2 is 2.00 bits per heavy atom. The molecule has 0 aromatic heterocycles. The zero-order chi connectivity index (χ0) is 23.3. The molecule has 3 fully saturated rings. The average Bonchev–Trinajstić information content (AvgIpc) is 3.10. The number of halogens is 1. The van der Waals surface area contributed by atoms with Gasteiger partial charge in [0.1, 0.15) is 23.9 Å². The number of rotatable bonds is 5. The number of aliphatic hydroxyl groups is 3. The van der Waals surface area contributed by atoms with Crippen LogP contribution in [0, 0.1) is 17.8 Å². The summed E-state index contributed by atoms with van der Waals surface area (Å²) in [6.45, 7) is 9.48. The third-order valence-electron chi connectivity index (χ3n) is 6.56. The van der Waals surface area contributed by atoms with Crippen molar-refractivity contribution in [3.05, 3.63) is 24.3 Å². The van der Waals surface area contributed by atoms with Gasteiger partial charge in [0.2, 0.25) is 0 Å². The van der Waals surface area contributed by atoms with Crippen LogP contribution in [0.3, 0.4) is 0 Å². The van der Waals surface area contributed by atoms with Crippen LogP contribution in [-0.4, -0.2) is 75.2 Å². The third-order valence-corrected chi connectivity index (χ3v) is 7.08. The summed E-state index contributed by atoms with van der Waals surface area (Å²) >= 11 is 5.65. The first-order chi connectivity index (χ1) is 14.4. The average molecular weight is 459 g/mol. The molecule has 10 heteroatoms. The van der Waals surface area contributed by atoms with E-state index in [0.717, 1.165) is 0 Å². The highest BCUT2D eigenvalue weighted by Gasteiger charge is 2.65. The lowest BCUT2D eigenvalue weighted by Gasteiger charge is -2.38. The van der Waals surface area contributed by atoms with Crippen LogP contribution in [0.2, 0.25) is 0 Å². The lowest BCUT2D eigenvalue weighted by Crippen LogP contribution is -2.54. The van der Waals surface area contributed by atoms with E-state index in [-0.39, 0.29) is 18.4 Å². The summed E-state index contributed by atoms with van der Waals surface area (Å²) in [5, 5.41) is 31.6. The lowest BCUT2D eigenvalue weighted by molar-refractivity contribution is -0.184. The van der Waals surface area contributed by atoms with Gasteiger partial charge in [0.05, 0.1) is 18.4 Å². The van der Waals surface area contributed by atoms with Crippen LogP contribution in [-0.2, 0) is 28.6 Å². The smallest absolute Gasteiger partial charge is 0.339 e. The van der Waals surface area contributed by atoms with Crippen molar-refractivity contribution in [2.45, 2.75) is 56.2 Å². The molecule has 8 unspecified atom stereocenters. The normalized spacial score (nSPS) is 39.1. The van der Waals surface area contributed by atoms with Crippen LogP contribution in [0.5, 0.6) is 0 Å². The molecular weight excluding hydrogens is 432 g/mol.